The third-order valence-corrected chi connectivity index (χ3v) is 5.01. The Morgan fingerprint density at radius 2 is 1.93 bits per heavy atom. The van der Waals surface area contributed by atoms with Crippen LogP contribution >= 0.6 is 0 Å². The molecular formula is C14H25-. The van der Waals surface area contributed by atoms with Crippen LogP contribution in [-0.2, 0) is 0 Å². The highest BCUT2D eigenvalue weighted by molar-refractivity contribution is 5.07. The molecule has 0 aromatic carbocycles. The topological polar surface area (TPSA) is 0 Å². The largest absolute Gasteiger partial charge is 0.314 e. The zero-order chi connectivity index (χ0) is 10.2. The first-order chi connectivity index (χ1) is 6.66. The molecule has 0 N–H and O–H groups in total. The van der Waals surface area contributed by atoms with Crippen LogP contribution in [0.5, 0.6) is 0 Å². The molecule has 2 aliphatic carbocycles. The monoisotopic (exact) mass is 193 g/mol. The van der Waals surface area contributed by atoms with Gasteiger partial charge in [-0.25, -0.2) is 0 Å². The normalized spacial score (nSPS) is 42.9. The van der Waals surface area contributed by atoms with E-state index < -0.39 is 0 Å². The van der Waals surface area contributed by atoms with Crippen LogP contribution in [0.25, 0.3) is 0 Å². The van der Waals surface area contributed by atoms with E-state index in [1.54, 1.807) is 5.92 Å². The predicted octanol–water partition coefficient (Wildman–Crippen LogP) is 4.60. The minimum Gasteiger partial charge on any atom is -0.314 e. The fourth-order valence-corrected chi connectivity index (χ4v) is 3.80. The molecule has 2 saturated carbocycles. The lowest BCUT2D eigenvalue weighted by molar-refractivity contribution is 0.237. The Balaban J connectivity index is 2.13. The Kier molecular flexibility index (Phi) is 2.91. The molecule has 0 heteroatoms. The van der Waals surface area contributed by atoms with E-state index >= 15 is 0 Å². The van der Waals surface area contributed by atoms with Gasteiger partial charge in [0.15, 0.2) is 0 Å². The van der Waals surface area contributed by atoms with Crippen molar-refractivity contribution in [3.05, 3.63) is 5.92 Å². The van der Waals surface area contributed by atoms with E-state index in [0.717, 1.165) is 11.8 Å². The van der Waals surface area contributed by atoms with E-state index in [9.17, 15) is 0 Å². The van der Waals surface area contributed by atoms with Crippen LogP contribution in [0.2, 0.25) is 0 Å². The van der Waals surface area contributed by atoms with Crippen LogP contribution in [0, 0.1) is 23.2 Å². The van der Waals surface area contributed by atoms with E-state index in [-0.39, 0.29) is 0 Å². The fourth-order valence-electron chi connectivity index (χ4n) is 3.80. The lowest BCUT2D eigenvalue weighted by atomic mass is 9.70. The van der Waals surface area contributed by atoms with Gasteiger partial charge in [-0.15, -0.1) is 0 Å². The summed E-state index contributed by atoms with van der Waals surface area (Å²) in [6, 6.07) is 0. The molecule has 2 aliphatic rings. The first-order valence-electron chi connectivity index (χ1n) is 6.47. The molecule has 2 rings (SSSR count). The molecule has 14 heavy (non-hydrogen) atoms. The van der Waals surface area contributed by atoms with E-state index in [2.05, 4.69) is 20.8 Å². The highest BCUT2D eigenvalue weighted by Gasteiger charge is 2.37. The maximum Gasteiger partial charge on any atom is -0.0434 e. The second-order valence-corrected chi connectivity index (χ2v) is 5.94. The van der Waals surface area contributed by atoms with Crippen LogP contribution in [0.3, 0.4) is 0 Å². The average Bonchev–Trinajstić information content (AvgIpc) is 2.44. The summed E-state index contributed by atoms with van der Waals surface area (Å²) in [4.78, 5) is 0. The molecule has 0 spiro atoms. The maximum absolute atomic E-state index is 2.38. The average molecular weight is 193 g/mol. The van der Waals surface area contributed by atoms with Crippen molar-refractivity contribution in [1.29, 1.82) is 0 Å². The second kappa shape index (κ2) is 3.87. The van der Waals surface area contributed by atoms with Gasteiger partial charge in [0.2, 0.25) is 0 Å². The molecule has 0 amide bonds. The van der Waals surface area contributed by atoms with Crippen molar-refractivity contribution in [2.75, 3.05) is 0 Å². The minimum absolute atomic E-state index is 0.668. The molecule has 0 nitrogen and oxygen atoms in total. The van der Waals surface area contributed by atoms with Crippen molar-refractivity contribution in [3.63, 3.8) is 0 Å². The van der Waals surface area contributed by atoms with Crippen molar-refractivity contribution in [3.8, 4) is 0 Å². The Morgan fingerprint density at radius 1 is 1.14 bits per heavy atom. The number of hydrogen-bond acceptors (Lipinski definition) is 0. The molecule has 82 valence electrons. The molecule has 0 heterocycles. The SMILES string of the molecule is CCC1CCC2CCC([C-](C)C)(C1)C2. The molecule has 3 atom stereocenters. The molecule has 2 bridgehead atoms. The van der Waals surface area contributed by atoms with Gasteiger partial charge in [0.25, 0.3) is 0 Å². The standard InChI is InChI=1S/C14H25/c1-4-12-5-6-13-7-8-14(9-12,10-13)11(2)3/h12-13H,4-10H2,1-3H3/q-1. The highest BCUT2D eigenvalue weighted by Crippen LogP contribution is 2.56. The fraction of sp³-hybridized carbons (Fsp3) is 0.929. The number of rotatable bonds is 2. The van der Waals surface area contributed by atoms with Gasteiger partial charge >= 0.3 is 0 Å². The van der Waals surface area contributed by atoms with E-state index in [1.165, 1.54) is 44.9 Å². The van der Waals surface area contributed by atoms with E-state index in [1.807, 2.05) is 0 Å². The molecular weight excluding hydrogens is 168 g/mol. The van der Waals surface area contributed by atoms with E-state index in [0.29, 0.717) is 5.41 Å². The second-order valence-electron chi connectivity index (χ2n) is 5.94. The molecule has 3 unspecified atom stereocenters. The molecule has 0 aliphatic heterocycles. The van der Waals surface area contributed by atoms with Gasteiger partial charge in [-0.3, -0.25) is 0 Å². The number of fused-ring (bicyclic) bond motifs is 2. The summed E-state index contributed by atoms with van der Waals surface area (Å²) in [7, 11) is 0. The van der Waals surface area contributed by atoms with Crippen molar-refractivity contribution >= 4 is 0 Å². The van der Waals surface area contributed by atoms with Gasteiger partial charge in [-0.05, 0) is 11.8 Å². The summed E-state index contributed by atoms with van der Waals surface area (Å²) in [5.74, 6) is 3.82. The van der Waals surface area contributed by atoms with Crippen molar-refractivity contribution in [2.45, 2.75) is 65.7 Å². The third kappa shape index (κ3) is 1.73. The third-order valence-electron chi connectivity index (χ3n) is 5.01. The molecule has 0 aromatic rings. The summed E-state index contributed by atoms with van der Waals surface area (Å²) in [6.45, 7) is 7.13. The maximum atomic E-state index is 2.38. The summed E-state index contributed by atoms with van der Waals surface area (Å²) < 4.78 is 0. The Bertz CT molecular complexity index is 194. The first-order valence-corrected chi connectivity index (χ1v) is 6.47. The van der Waals surface area contributed by atoms with Crippen LogP contribution in [0.4, 0.5) is 0 Å². The summed E-state index contributed by atoms with van der Waals surface area (Å²) in [5, 5.41) is 0. The van der Waals surface area contributed by atoms with Crippen LogP contribution in [0.15, 0.2) is 0 Å². The lowest BCUT2D eigenvalue weighted by Gasteiger charge is -2.47. The first kappa shape index (κ1) is 10.5. The summed E-state index contributed by atoms with van der Waals surface area (Å²) in [6.07, 6.45) is 10.5. The van der Waals surface area contributed by atoms with Gasteiger partial charge in [0.05, 0.1) is 0 Å². The number of hydrogen-bond donors (Lipinski definition) is 0. The van der Waals surface area contributed by atoms with Crippen LogP contribution < -0.4 is 0 Å². The molecule has 0 aromatic heterocycles. The quantitative estimate of drug-likeness (QED) is 0.562. The summed E-state index contributed by atoms with van der Waals surface area (Å²) >= 11 is 0. The van der Waals surface area contributed by atoms with Crippen molar-refractivity contribution in [2.24, 2.45) is 17.3 Å². The smallest absolute Gasteiger partial charge is 0.0434 e. The molecule has 0 radical (unpaired) electrons. The zero-order valence-electron chi connectivity index (χ0n) is 10.1. The lowest BCUT2D eigenvalue weighted by Crippen LogP contribution is -2.24. The van der Waals surface area contributed by atoms with E-state index in [4.69, 9.17) is 0 Å². The van der Waals surface area contributed by atoms with Gasteiger partial charge in [0.1, 0.15) is 0 Å². The minimum atomic E-state index is 0.668. The summed E-state index contributed by atoms with van der Waals surface area (Å²) in [5.41, 5.74) is 0.668. The molecule has 2 fully saturated rings. The van der Waals surface area contributed by atoms with Gasteiger partial charge in [-0.2, -0.15) is 19.3 Å². The Labute approximate surface area is 89.5 Å². The zero-order valence-corrected chi connectivity index (χ0v) is 10.1. The Morgan fingerprint density at radius 3 is 2.57 bits per heavy atom. The van der Waals surface area contributed by atoms with Crippen molar-refractivity contribution in [1.82, 2.24) is 0 Å². The van der Waals surface area contributed by atoms with Gasteiger partial charge < -0.3 is 5.92 Å². The van der Waals surface area contributed by atoms with Crippen LogP contribution in [-0.4, -0.2) is 0 Å². The predicted molar refractivity (Wildman–Crippen MR) is 62.0 cm³/mol. The van der Waals surface area contributed by atoms with Crippen LogP contribution in [0.1, 0.15) is 65.7 Å². The Hall–Kier alpha value is 0. The molecule has 0 saturated heterocycles. The highest BCUT2D eigenvalue weighted by atomic mass is 14.5. The van der Waals surface area contributed by atoms with Gasteiger partial charge in [0, 0.05) is 0 Å². The van der Waals surface area contributed by atoms with Gasteiger partial charge in [-0.1, -0.05) is 51.9 Å². The van der Waals surface area contributed by atoms with Crippen molar-refractivity contribution < 1.29 is 0 Å².